The molecule has 0 fully saturated rings. The number of amides is 1. The maximum absolute atomic E-state index is 12.3. The van der Waals surface area contributed by atoms with Crippen LogP contribution in [0.1, 0.15) is 10.4 Å². The molecule has 0 saturated heterocycles. The van der Waals surface area contributed by atoms with Gasteiger partial charge in [-0.15, -0.1) is 0 Å². The third kappa shape index (κ3) is 3.60. The summed E-state index contributed by atoms with van der Waals surface area (Å²) in [6, 6.07) is 4.91. The molecular formula is C12H17ClN2O3. The number of rotatable bonds is 6. The van der Waals surface area contributed by atoms with Gasteiger partial charge in [-0.3, -0.25) is 4.79 Å². The number of aliphatic hydroxyl groups excluding tert-OH is 1. The third-order valence-corrected chi connectivity index (χ3v) is 2.80. The van der Waals surface area contributed by atoms with Gasteiger partial charge in [0.1, 0.15) is 0 Å². The molecule has 18 heavy (non-hydrogen) atoms. The normalized spacial score (nSPS) is 10.4. The first-order valence-electron chi connectivity index (χ1n) is 5.55. The zero-order valence-corrected chi connectivity index (χ0v) is 11.0. The molecule has 1 amide bonds. The van der Waals surface area contributed by atoms with Gasteiger partial charge in [-0.2, -0.15) is 0 Å². The Hall–Kier alpha value is -1.30. The molecular weight excluding hydrogens is 256 g/mol. The molecule has 0 aliphatic carbocycles. The lowest BCUT2D eigenvalue weighted by molar-refractivity contribution is 0.0657. The first-order chi connectivity index (χ1) is 8.61. The summed E-state index contributed by atoms with van der Waals surface area (Å²) < 4.78 is 4.93. The van der Waals surface area contributed by atoms with Crippen molar-refractivity contribution in [2.75, 3.05) is 39.1 Å². The predicted molar refractivity (Wildman–Crippen MR) is 70.7 cm³/mol. The van der Waals surface area contributed by atoms with E-state index in [1.807, 2.05) is 0 Å². The first-order valence-corrected chi connectivity index (χ1v) is 5.92. The van der Waals surface area contributed by atoms with Gasteiger partial charge in [-0.05, 0) is 12.1 Å². The Morgan fingerprint density at radius 1 is 1.50 bits per heavy atom. The van der Waals surface area contributed by atoms with E-state index in [2.05, 4.69) is 0 Å². The number of hydrogen-bond donors (Lipinski definition) is 2. The van der Waals surface area contributed by atoms with E-state index in [-0.39, 0.29) is 24.6 Å². The molecule has 1 aromatic rings. The molecule has 0 spiro atoms. The summed E-state index contributed by atoms with van der Waals surface area (Å²) >= 11 is 5.98. The quantitative estimate of drug-likeness (QED) is 0.758. The second kappa shape index (κ2) is 7.20. The van der Waals surface area contributed by atoms with E-state index >= 15 is 0 Å². The Morgan fingerprint density at radius 3 is 2.78 bits per heavy atom. The molecule has 0 aromatic heterocycles. The van der Waals surface area contributed by atoms with Crippen molar-refractivity contribution in [3.63, 3.8) is 0 Å². The summed E-state index contributed by atoms with van der Waals surface area (Å²) in [6.07, 6.45) is 0. The molecule has 0 aliphatic rings. The van der Waals surface area contributed by atoms with Crippen LogP contribution in [0.15, 0.2) is 18.2 Å². The van der Waals surface area contributed by atoms with Gasteiger partial charge in [-0.25, -0.2) is 0 Å². The molecule has 0 unspecified atom stereocenters. The minimum absolute atomic E-state index is 0.125. The van der Waals surface area contributed by atoms with Crippen LogP contribution >= 0.6 is 11.6 Å². The maximum Gasteiger partial charge on any atom is 0.257 e. The van der Waals surface area contributed by atoms with Gasteiger partial charge in [0.25, 0.3) is 5.91 Å². The van der Waals surface area contributed by atoms with Gasteiger partial charge < -0.3 is 20.5 Å². The second-order valence-electron chi connectivity index (χ2n) is 3.71. The van der Waals surface area contributed by atoms with Crippen LogP contribution in [0, 0.1) is 0 Å². The van der Waals surface area contributed by atoms with Gasteiger partial charge in [-0.1, -0.05) is 17.7 Å². The summed E-state index contributed by atoms with van der Waals surface area (Å²) in [5, 5.41) is 9.28. The minimum atomic E-state index is -0.302. The SMILES string of the molecule is COCCN(CCO)C(=O)c1c(N)cccc1Cl. The van der Waals surface area contributed by atoms with E-state index in [0.29, 0.717) is 23.9 Å². The molecule has 0 radical (unpaired) electrons. The molecule has 0 aliphatic heterocycles. The van der Waals surface area contributed by atoms with E-state index in [1.165, 1.54) is 4.90 Å². The molecule has 100 valence electrons. The van der Waals surface area contributed by atoms with Crippen molar-refractivity contribution in [1.29, 1.82) is 0 Å². The fraction of sp³-hybridized carbons (Fsp3) is 0.417. The van der Waals surface area contributed by atoms with Crippen molar-refractivity contribution in [2.24, 2.45) is 0 Å². The highest BCUT2D eigenvalue weighted by Crippen LogP contribution is 2.23. The number of nitrogen functional groups attached to an aromatic ring is 1. The lowest BCUT2D eigenvalue weighted by Gasteiger charge is -2.22. The lowest BCUT2D eigenvalue weighted by atomic mass is 10.1. The molecule has 0 saturated carbocycles. The Balaban J connectivity index is 2.94. The Kier molecular flexibility index (Phi) is 5.91. The van der Waals surface area contributed by atoms with Gasteiger partial charge in [0.15, 0.2) is 0 Å². The third-order valence-electron chi connectivity index (χ3n) is 2.48. The number of hydrogen-bond acceptors (Lipinski definition) is 4. The lowest BCUT2D eigenvalue weighted by Crippen LogP contribution is -2.36. The molecule has 0 bridgehead atoms. The molecule has 5 nitrogen and oxygen atoms in total. The number of nitrogens with zero attached hydrogens (tertiary/aromatic N) is 1. The first kappa shape index (κ1) is 14.8. The van der Waals surface area contributed by atoms with Crippen molar-refractivity contribution in [3.8, 4) is 0 Å². The number of methoxy groups -OCH3 is 1. The average Bonchev–Trinajstić information content (AvgIpc) is 2.34. The van der Waals surface area contributed by atoms with Crippen molar-refractivity contribution in [2.45, 2.75) is 0 Å². The highest BCUT2D eigenvalue weighted by molar-refractivity contribution is 6.34. The van der Waals surface area contributed by atoms with Crippen molar-refractivity contribution in [1.82, 2.24) is 4.90 Å². The monoisotopic (exact) mass is 272 g/mol. The molecule has 3 N–H and O–H groups in total. The van der Waals surface area contributed by atoms with E-state index in [9.17, 15) is 4.79 Å². The number of anilines is 1. The zero-order valence-electron chi connectivity index (χ0n) is 10.2. The maximum atomic E-state index is 12.3. The van der Waals surface area contributed by atoms with Gasteiger partial charge in [0, 0.05) is 25.9 Å². The van der Waals surface area contributed by atoms with Gasteiger partial charge in [0.2, 0.25) is 0 Å². The Morgan fingerprint density at radius 2 is 2.22 bits per heavy atom. The van der Waals surface area contributed by atoms with E-state index in [1.54, 1.807) is 25.3 Å². The van der Waals surface area contributed by atoms with Crippen LogP contribution in [0.5, 0.6) is 0 Å². The van der Waals surface area contributed by atoms with Crippen LogP contribution in [0.4, 0.5) is 5.69 Å². The van der Waals surface area contributed by atoms with Crippen LogP contribution in [0.3, 0.4) is 0 Å². The summed E-state index contributed by atoms with van der Waals surface area (Å²) in [6.45, 7) is 0.851. The molecule has 6 heteroatoms. The zero-order chi connectivity index (χ0) is 13.5. The number of aliphatic hydroxyl groups is 1. The molecule has 1 aromatic carbocycles. The number of ether oxygens (including phenoxy) is 1. The molecule has 0 heterocycles. The van der Waals surface area contributed by atoms with E-state index < -0.39 is 0 Å². The fourth-order valence-electron chi connectivity index (χ4n) is 1.56. The smallest absolute Gasteiger partial charge is 0.257 e. The largest absolute Gasteiger partial charge is 0.398 e. The van der Waals surface area contributed by atoms with Crippen LogP contribution in [-0.2, 0) is 4.74 Å². The summed E-state index contributed by atoms with van der Waals surface area (Å²) in [5.74, 6) is -0.302. The van der Waals surface area contributed by atoms with E-state index in [4.69, 9.17) is 27.2 Å². The number of benzene rings is 1. The van der Waals surface area contributed by atoms with Crippen LogP contribution in [-0.4, -0.2) is 49.3 Å². The second-order valence-corrected chi connectivity index (χ2v) is 4.12. The summed E-state index contributed by atoms with van der Waals surface area (Å²) in [7, 11) is 1.55. The van der Waals surface area contributed by atoms with Crippen molar-refractivity contribution in [3.05, 3.63) is 28.8 Å². The van der Waals surface area contributed by atoms with Gasteiger partial charge in [0.05, 0.1) is 23.8 Å². The minimum Gasteiger partial charge on any atom is -0.398 e. The number of nitrogens with two attached hydrogens (primary N) is 1. The average molecular weight is 273 g/mol. The predicted octanol–water partition coefficient (Wildman–Crippen LogP) is 1.00. The number of carbonyl (C=O) groups is 1. The van der Waals surface area contributed by atoms with Crippen molar-refractivity contribution < 1.29 is 14.6 Å². The molecule has 0 atom stereocenters. The number of halogens is 1. The van der Waals surface area contributed by atoms with Crippen LogP contribution in [0.25, 0.3) is 0 Å². The Labute approximate surface area is 111 Å². The van der Waals surface area contributed by atoms with Crippen LogP contribution in [0.2, 0.25) is 5.02 Å². The standard InChI is InChI=1S/C12H17ClN2O3/c1-18-8-6-15(5-7-16)12(17)11-9(13)3-2-4-10(11)14/h2-4,16H,5-8,14H2,1H3. The van der Waals surface area contributed by atoms with Gasteiger partial charge >= 0.3 is 0 Å². The summed E-state index contributed by atoms with van der Waals surface area (Å²) in [4.78, 5) is 13.7. The fourth-order valence-corrected chi connectivity index (χ4v) is 1.82. The number of carbonyl (C=O) groups excluding carboxylic acids is 1. The highest BCUT2D eigenvalue weighted by atomic mass is 35.5. The Bertz CT molecular complexity index is 392. The summed E-state index contributed by atoms with van der Waals surface area (Å²) in [5.41, 5.74) is 6.35. The van der Waals surface area contributed by atoms with E-state index in [0.717, 1.165) is 0 Å². The topological polar surface area (TPSA) is 75.8 Å². The van der Waals surface area contributed by atoms with Crippen molar-refractivity contribution >= 4 is 23.2 Å². The molecule has 1 rings (SSSR count). The highest BCUT2D eigenvalue weighted by Gasteiger charge is 2.20. The van der Waals surface area contributed by atoms with Crippen LogP contribution < -0.4 is 5.73 Å².